The van der Waals surface area contributed by atoms with Gasteiger partial charge in [-0.1, -0.05) is 0 Å². The Labute approximate surface area is 96.7 Å². The SMILES string of the molecule is Cc1c[nH]cc1CCNC(N)=NCN(C)C. The van der Waals surface area contributed by atoms with Crippen LogP contribution < -0.4 is 11.1 Å². The number of aromatic nitrogens is 1. The van der Waals surface area contributed by atoms with Crippen LogP contribution in [0.5, 0.6) is 0 Å². The molecule has 4 N–H and O–H groups in total. The van der Waals surface area contributed by atoms with Gasteiger partial charge < -0.3 is 16.0 Å². The maximum absolute atomic E-state index is 5.70. The zero-order valence-corrected chi connectivity index (χ0v) is 10.2. The number of guanidine groups is 1. The Balaban J connectivity index is 2.25. The molecule has 1 aromatic heterocycles. The van der Waals surface area contributed by atoms with Gasteiger partial charge in [-0.15, -0.1) is 0 Å². The molecule has 0 fully saturated rings. The molecule has 0 saturated carbocycles. The molecule has 90 valence electrons. The van der Waals surface area contributed by atoms with E-state index in [0.29, 0.717) is 12.6 Å². The van der Waals surface area contributed by atoms with Gasteiger partial charge in [-0.3, -0.25) is 4.90 Å². The first kappa shape index (κ1) is 12.6. The molecular formula is C11H21N5. The Morgan fingerprint density at radius 2 is 2.25 bits per heavy atom. The maximum Gasteiger partial charge on any atom is 0.189 e. The summed E-state index contributed by atoms with van der Waals surface area (Å²) in [6, 6.07) is 0. The van der Waals surface area contributed by atoms with Crippen LogP contribution in [0.25, 0.3) is 0 Å². The van der Waals surface area contributed by atoms with Gasteiger partial charge in [0.25, 0.3) is 0 Å². The molecule has 0 aliphatic carbocycles. The van der Waals surface area contributed by atoms with Crippen molar-refractivity contribution >= 4 is 5.96 Å². The molecule has 16 heavy (non-hydrogen) atoms. The molecule has 0 bridgehead atoms. The number of nitrogens with two attached hydrogens (primary N) is 1. The first-order valence-corrected chi connectivity index (χ1v) is 5.40. The minimum Gasteiger partial charge on any atom is -0.370 e. The summed E-state index contributed by atoms with van der Waals surface area (Å²) in [5, 5.41) is 3.09. The molecule has 1 aromatic rings. The molecule has 0 aliphatic heterocycles. The lowest BCUT2D eigenvalue weighted by atomic mass is 10.1. The number of aryl methyl sites for hydroxylation is 1. The van der Waals surface area contributed by atoms with E-state index < -0.39 is 0 Å². The summed E-state index contributed by atoms with van der Waals surface area (Å²) in [7, 11) is 3.92. The Morgan fingerprint density at radius 1 is 1.50 bits per heavy atom. The molecule has 5 nitrogen and oxygen atoms in total. The fourth-order valence-electron chi connectivity index (χ4n) is 1.34. The van der Waals surface area contributed by atoms with Crippen LogP contribution in [0, 0.1) is 6.92 Å². The number of aliphatic imine (C=N–C) groups is 1. The molecule has 0 unspecified atom stereocenters. The Hall–Kier alpha value is -1.49. The Kier molecular flexibility index (Phi) is 4.85. The fraction of sp³-hybridized carbons (Fsp3) is 0.545. The van der Waals surface area contributed by atoms with Gasteiger partial charge in [0.1, 0.15) is 0 Å². The highest BCUT2D eigenvalue weighted by Gasteiger charge is 1.98. The van der Waals surface area contributed by atoms with Crippen LogP contribution in [0.1, 0.15) is 11.1 Å². The summed E-state index contributed by atoms with van der Waals surface area (Å²) in [5.41, 5.74) is 8.30. The monoisotopic (exact) mass is 223 g/mol. The largest absolute Gasteiger partial charge is 0.370 e. The van der Waals surface area contributed by atoms with Crippen molar-refractivity contribution in [3.05, 3.63) is 23.5 Å². The standard InChI is InChI=1S/C11H21N5/c1-9-6-13-7-10(9)4-5-14-11(12)15-8-16(2)3/h6-7,13H,4-5,8H2,1-3H3,(H3,12,14,15). The van der Waals surface area contributed by atoms with Crippen LogP contribution in [0.15, 0.2) is 17.4 Å². The van der Waals surface area contributed by atoms with Gasteiger partial charge in [0, 0.05) is 18.9 Å². The number of nitrogens with one attached hydrogen (secondary N) is 2. The number of hydrogen-bond donors (Lipinski definition) is 3. The van der Waals surface area contributed by atoms with E-state index in [0.717, 1.165) is 13.0 Å². The van der Waals surface area contributed by atoms with Crippen molar-refractivity contribution < 1.29 is 0 Å². The van der Waals surface area contributed by atoms with Crippen LogP contribution in [0.2, 0.25) is 0 Å². The van der Waals surface area contributed by atoms with E-state index in [2.05, 4.69) is 22.2 Å². The molecule has 0 aliphatic rings. The number of rotatable bonds is 5. The van der Waals surface area contributed by atoms with Gasteiger partial charge in [0.05, 0.1) is 6.67 Å². The van der Waals surface area contributed by atoms with Gasteiger partial charge in [-0.05, 0) is 38.6 Å². The summed E-state index contributed by atoms with van der Waals surface area (Å²) >= 11 is 0. The van der Waals surface area contributed by atoms with E-state index in [-0.39, 0.29) is 0 Å². The van der Waals surface area contributed by atoms with Crippen molar-refractivity contribution in [1.29, 1.82) is 0 Å². The van der Waals surface area contributed by atoms with Crippen molar-refractivity contribution in [1.82, 2.24) is 15.2 Å². The van der Waals surface area contributed by atoms with Crippen molar-refractivity contribution in [3.63, 3.8) is 0 Å². The van der Waals surface area contributed by atoms with E-state index in [1.54, 1.807) is 0 Å². The molecule has 0 radical (unpaired) electrons. The molecule has 0 aromatic carbocycles. The third-order valence-corrected chi connectivity index (χ3v) is 2.29. The zero-order chi connectivity index (χ0) is 12.0. The summed E-state index contributed by atoms with van der Waals surface area (Å²) in [6.07, 6.45) is 4.97. The second-order valence-corrected chi connectivity index (χ2v) is 4.10. The molecule has 5 heteroatoms. The van der Waals surface area contributed by atoms with Crippen molar-refractivity contribution in [3.8, 4) is 0 Å². The molecule has 0 amide bonds. The van der Waals surface area contributed by atoms with E-state index in [4.69, 9.17) is 5.73 Å². The summed E-state index contributed by atoms with van der Waals surface area (Å²) in [4.78, 5) is 9.21. The number of H-pyrrole nitrogens is 1. The maximum atomic E-state index is 5.70. The molecular weight excluding hydrogens is 202 g/mol. The predicted octanol–water partition coefficient (Wildman–Crippen LogP) is 0.289. The Morgan fingerprint density at radius 3 is 2.81 bits per heavy atom. The molecule has 0 saturated heterocycles. The lowest BCUT2D eigenvalue weighted by Crippen LogP contribution is -2.34. The molecule has 1 rings (SSSR count). The van der Waals surface area contributed by atoms with Gasteiger partial charge in [0.2, 0.25) is 0 Å². The van der Waals surface area contributed by atoms with E-state index in [9.17, 15) is 0 Å². The van der Waals surface area contributed by atoms with Crippen LogP contribution >= 0.6 is 0 Å². The smallest absolute Gasteiger partial charge is 0.189 e. The topological polar surface area (TPSA) is 69.4 Å². The number of hydrogen-bond acceptors (Lipinski definition) is 2. The summed E-state index contributed by atoms with van der Waals surface area (Å²) in [5.74, 6) is 0.502. The highest BCUT2D eigenvalue weighted by atomic mass is 15.2. The third kappa shape index (κ3) is 4.35. The van der Waals surface area contributed by atoms with Crippen LogP contribution in [0.3, 0.4) is 0 Å². The third-order valence-electron chi connectivity index (χ3n) is 2.29. The molecule has 0 atom stereocenters. The molecule has 1 heterocycles. The average molecular weight is 223 g/mol. The van der Waals surface area contributed by atoms with E-state index in [1.807, 2.05) is 31.4 Å². The normalized spacial score (nSPS) is 12.1. The minimum absolute atomic E-state index is 0.502. The van der Waals surface area contributed by atoms with Gasteiger partial charge in [-0.2, -0.15) is 0 Å². The zero-order valence-electron chi connectivity index (χ0n) is 10.2. The second-order valence-electron chi connectivity index (χ2n) is 4.10. The van der Waals surface area contributed by atoms with Gasteiger partial charge in [0.15, 0.2) is 5.96 Å². The summed E-state index contributed by atoms with van der Waals surface area (Å²) in [6.45, 7) is 3.51. The highest BCUT2D eigenvalue weighted by molar-refractivity contribution is 5.77. The molecule has 0 spiro atoms. The Bertz CT molecular complexity index is 340. The highest BCUT2D eigenvalue weighted by Crippen LogP contribution is 2.05. The van der Waals surface area contributed by atoms with Crippen LogP contribution in [0.4, 0.5) is 0 Å². The second kappa shape index (κ2) is 6.17. The lowest BCUT2D eigenvalue weighted by molar-refractivity contribution is 0.423. The first-order chi connectivity index (χ1) is 7.59. The van der Waals surface area contributed by atoms with Crippen molar-refractivity contribution in [2.45, 2.75) is 13.3 Å². The van der Waals surface area contributed by atoms with Crippen LogP contribution in [-0.2, 0) is 6.42 Å². The summed E-state index contributed by atoms with van der Waals surface area (Å²) < 4.78 is 0. The van der Waals surface area contributed by atoms with E-state index in [1.165, 1.54) is 11.1 Å². The van der Waals surface area contributed by atoms with Gasteiger partial charge in [-0.25, -0.2) is 4.99 Å². The minimum atomic E-state index is 0.502. The quantitative estimate of drug-likeness (QED) is 0.496. The van der Waals surface area contributed by atoms with Crippen LogP contribution in [-0.4, -0.2) is 43.2 Å². The first-order valence-electron chi connectivity index (χ1n) is 5.40. The van der Waals surface area contributed by atoms with Crippen molar-refractivity contribution in [2.24, 2.45) is 10.7 Å². The van der Waals surface area contributed by atoms with E-state index >= 15 is 0 Å². The average Bonchev–Trinajstić information content (AvgIpc) is 2.61. The van der Waals surface area contributed by atoms with Gasteiger partial charge >= 0.3 is 0 Å². The number of nitrogens with zero attached hydrogens (tertiary/aromatic N) is 2. The fourth-order valence-corrected chi connectivity index (χ4v) is 1.34. The lowest BCUT2D eigenvalue weighted by Gasteiger charge is -2.08. The number of aromatic amines is 1. The predicted molar refractivity (Wildman–Crippen MR) is 67.4 cm³/mol. The van der Waals surface area contributed by atoms with Crippen molar-refractivity contribution in [2.75, 3.05) is 27.3 Å².